The van der Waals surface area contributed by atoms with Gasteiger partial charge in [-0.25, -0.2) is 8.78 Å². The maximum Gasteiger partial charge on any atom is 0.163 e. The zero-order valence-electron chi connectivity index (χ0n) is 9.88. The first-order valence-corrected chi connectivity index (χ1v) is 5.95. The van der Waals surface area contributed by atoms with Crippen LogP contribution in [0.2, 0.25) is 0 Å². The first kappa shape index (κ1) is 12.5. The van der Waals surface area contributed by atoms with Crippen molar-refractivity contribution in [1.29, 1.82) is 0 Å². The van der Waals surface area contributed by atoms with Gasteiger partial charge in [-0.3, -0.25) is 0 Å². The van der Waals surface area contributed by atoms with Crippen molar-refractivity contribution in [3.8, 4) is 0 Å². The molecule has 0 saturated carbocycles. The fourth-order valence-electron chi connectivity index (χ4n) is 2.28. The quantitative estimate of drug-likeness (QED) is 0.875. The third-order valence-electron chi connectivity index (χ3n) is 3.23. The van der Waals surface area contributed by atoms with Crippen LogP contribution in [0.5, 0.6) is 0 Å². The van der Waals surface area contributed by atoms with E-state index in [0.717, 1.165) is 25.5 Å². The van der Waals surface area contributed by atoms with Crippen molar-refractivity contribution in [3.63, 3.8) is 0 Å². The summed E-state index contributed by atoms with van der Waals surface area (Å²) in [6.07, 6.45) is 2.87. The molecule has 1 N–H and O–H groups in total. The Morgan fingerprint density at radius 1 is 1.47 bits per heavy atom. The minimum absolute atomic E-state index is 0.148. The summed E-state index contributed by atoms with van der Waals surface area (Å²) in [7, 11) is 1.75. The van der Waals surface area contributed by atoms with Gasteiger partial charge in [0.1, 0.15) is 0 Å². The molecule has 4 heteroatoms. The van der Waals surface area contributed by atoms with Crippen LogP contribution in [0.25, 0.3) is 0 Å². The molecule has 94 valence electrons. The highest BCUT2D eigenvalue weighted by Crippen LogP contribution is 2.27. The van der Waals surface area contributed by atoms with E-state index in [2.05, 4.69) is 5.32 Å². The summed E-state index contributed by atoms with van der Waals surface area (Å²) in [6, 6.07) is 4.09. The fraction of sp³-hybridized carbons (Fsp3) is 0.538. The van der Waals surface area contributed by atoms with Gasteiger partial charge in [0, 0.05) is 18.2 Å². The zero-order valence-corrected chi connectivity index (χ0v) is 9.88. The van der Waals surface area contributed by atoms with Crippen LogP contribution in [0.4, 0.5) is 8.78 Å². The Kier molecular flexibility index (Phi) is 4.07. The van der Waals surface area contributed by atoms with Crippen molar-refractivity contribution in [2.24, 2.45) is 0 Å². The van der Waals surface area contributed by atoms with Crippen LogP contribution in [0.3, 0.4) is 0 Å². The van der Waals surface area contributed by atoms with E-state index in [1.165, 1.54) is 6.07 Å². The molecule has 2 rings (SSSR count). The molecule has 1 saturated heterocycles. The van der Waals surface area contributed by atoms with E-state index in [-0.39, 0.29) is 12.1 Å². The van der Waals surface area contributed by atoms with Gasteiger partial charge in [0.2, 0.25) is 0 Å². The maximum atomic E-state index is 13.7. The molecular formula is C13H17F2NO. The van der Waals surface area contributed by atoms with Gasteiger partial charge in [0.15, 0.2) is 11.6 Å². The number of rotatable bonds is 4. The van der Waals surface area contributed by atoms with E-state index in [4.69, 9.17) is 4.74 Å². The van der Waals surface area contributed by atoms with E-state index < -0.39 is 11.6 Å². The summed E-state index contributed by atoms with van der Waals surface area (Å²) >= 11 is 0. The van der Waals surface area contributed by atoms with Gasteiger partial charge >= 0.3 is 0 Å². The summed E-state index contributed by atoms with van der Waals surface area (Å²) in [4.78, 5) is 0. The number of nitrogens with one attached hydrogen (secondary N) is 1. The Morgan fingerprint density at radius 3 is 2.94 bits per heavy atom. The second-order valence-electron chi connectivity index (χ2n) is 4.36. The lowest BCUT2D eigenvalue weighted by atomic mass is 9.99. The van der Waals surface area contributed by atoms with E-state index in [1.807, 2.05) is 0 Å². The van der Waals surface area contributed by atoms with Gasteiger partial charge < -0.3 is 10.1 Å². The maximum absolute atomic E-state index is 13.7. The molecule has 0 spiro atoms. The van der Waals surface area contributed by atoms with E-state index in [1.54, 1.807) is 13.1 Å². The van der Waals surface area contributed by atoms with Crippen molar-refractivity contribution in [1.82, 2.24) is 5.32 Å². The smallest absolute Gasteiger partial charge is 0.163 e. The van der Waals surface area contributed by atoms with Crippen molar-refractivity contribution in [2.75, 3.05) is 13.7 Å². The highest BCUT2D eigenvalue weighted by molar-refractivity contribution is 5.22. The molecule has 2 atom stereocenters. The normalized spacial score (nSPS) is 21.7. The minimum atomic E-state index is -0.796. The predicted octanol–water partition coefficient (Wildman–Crippen LogP) is 2.79. The van der Waals surface area contributed by atoms with Crippen LogP contribution in [0, 0.1) is 11.6 Å². The minimum Gasteiger partial charge on any atom is -0.378 e. The standard InChI is InChI=1S/C13H17F2NO/c1-16-12(8-9-4-3-7-17-9)10-5-2-6-11(14)13(10)15/h2,5-6,9,12,16H,3-4,7-8H2,1H3. The van der Waals surface area contributed by atoms with E-state index >= 15 is 0 Å². The largest absolute Gasteiger partial charge is 0.378 e. The molecule has 1 aromatic carbocycles. The highest BCUT2D eigenvalue weighted by Gasteiger charge is 2.23. The SMILES string of the molecule is CNC(CC1CCCO1)c1cccc(F)c1F. The summed E-state index contributed by atoms with van der Waals surface area (Å²) in [5.74, 6) is -1.56. The second-order valence-corrected chi connectivity index (χ2v) is 4.36. The number of ether oxygens (including phenoxy) is 1. The fourth-order valence-corrected chi connectivity index (χ4v) is 2.28. The third-order valence-corrected chi connectivity index (χ3v) is 3.23. The predicted molar refractivity (Wildman–Crippen MR) is 61.7 cm³/mol. The van der Waals surface area contributed by atoms with Crippen LogP contribution in [0.15, 0.2) is 18.2 Å². The topological polar surface area (TPSA) is 21.3 Å². The molecule has 0 amide bonds. The molecule has 1 fully saturated rings. The number of hydrogen-bond donors (Lipinski definition) is 1. The summed E-state index contributed by atoms with van der Waals surface area (Å²) < 4.78 is 32.3. The second kappa shape index (κ2) is 5.56. The van der Waals surface area contributed by atoms with Gasteiger partial charge in [0.25, 0.3) is 0 Å². The average Bonchev–Trinajstić information content (AvgIpc) is 2.83. The third kappa shape index (κ3) is 2.82. The molecule has 1 aliphatic rings. The van der Waals surface area contributed by atoms with Gasteiger partial charge in [0.05, 0.1) is 6.10 Å². The lowest BCUT2D eigenvalue weighted by Crippen LogP contribution is -2.23. The first-order chi connectivity index (χ1) is 8.22. The molecule has 17 heavy (non-hydrogen) atoms. The average molecular weight is 241 g/mol. The van der Waals surface area contributed by atoms with Crippen molar-refractivity contribution in [2.45, 2.75) is 31.4 Å². The molecule has 1 aromatic rings. The Balaban J connectivity index is 2.13. The number of benzene rings is 1. The van der Waals surface area contributed by atoms with Crippen LogP contribution in [0.1, 0.15) is 30.9 Å². The van der Waals surface area contributed by atoms with Crippen molar-refractivity contribution < 1.29 is 13.5 Å². The monoisotopic (exact) mass is 241 g/mol. The van der Waals surface area contributed by atoms with Gasteiger partial charge in [-0.1, -0.05) is 12.1 Å². The van der Waals surface area contributed by atoms with Crippen LogP contribution >= 0.6 is 0 Å². The molecule has 0 aliphatic carbocycles. The highest BCUT2D eigenvalue weighted by atomic mass is 19.2. The van der Waals surface area contributed by atoms with Crippen LogP contribution in [-0.4, -0.2) is 19.8 Å². The molecule has 1 aliphatic heterocycles. The molecule has 2 unspecified atom stereocenters. The van der Waals surface area contributed by atoms with Crippen LogP contribution < -0.4 is 5.32 Å². The molecule has 2 nitrogen and oxygen atoms in total. The Labute approximate surface area is 100.0 Å². The van der Waals surface area contributed by atoms with Gasteiger partial charge in [-0.15, -0.1) is 0 Å². The van der Waals surface area contributed by atoms with E-state index in [9.17, 15) is 8.78 Å². The molecular weight excluding hydrogens is 224 g/mol. The molecule has 1 heterocycles. The van der Waals surface area contributed by atoms with Crippen molar-refractivity contribution >= 4 is 0 Å². The lowest BCUT2D eigenvalue weighted by molar-refractivity contribution is 0.0949. The molecule has 0 radical (unpaired) electrons. The number of hydrogen-bond acceptors (Lipinski definition) is 2. The Hall–Kier alpha value is -1.00. The van der Waals surface area contributed by atoms with Crippen LogP contribution in [-0.2, 0) is 4.74 Å². The van der Waals surface area contributed by atoms with Crippen molar-refractivity contribution in [3.05, 3.63) is 35.4 Å². The summed E-state index contributed by atoms with van der Waals surface area (Å²) in [6.45, 7) is 0.771. The molecule has 0 bridgehead atoms. The Morgan fingerprint density at radius 2 is 2.29 bits per heavy atom. The zero-order chi connectivity index (χ0) is 12.3. The first-order valence-electron chi connectivity index (χ1n) is 5.95. The Bertz CT molecular complexity index is 378. The summed E-state index contributed by atoms with van der Waals surface area (Å²) in [5, 5.41) is 3.03. The molecule has 0 aromatic heterocycles. The summed E-state index contributed by atoms with van der Waals surface area (Å²) in [5.41, 5.74) is 0.378. The van der Waals surface area contributed by atoms with E-state index in [0.29, 0.717) is 12.0 Å². The van der Waals surface area contributed by atoms with Gasteiger partial charge in [-0.05, 0) is 32.4 Å². The van der Waals surface area contributed by atoms with Gasteiger partial charge in [-0.2, -0.15) is 0 Å². The lowest BCUT2D eigenvalue weighted by Gasteiger charge is -2.20. The number of halogens is 2.